The summed E-state index contributed by atoms with van der Waals surface area (Å²) in [6, 6.07) is 13.5. The Balaban J connectivity index is 1.69. The molecule has 0 aliphatic carbocycles. The number of methoxy groups -OCH3 is 1. The van der Waals surface area contributed by atoms with Crippen LogP contribution in [0.4, 0.5) is 19.1 Å². The van der Waals surface area contributed by atoms with Crippen LogP contribution in [0.25, 0.3) is 27.8 Å². The van der Waals surface area contributed by atoms with Crippen LogP contribution in [0.3, 0.4) is 0 Å². The van der Waals surface area contributed by atoms with Crippen molar-refractivity contribution in [2.45, 2.75) is 25.8 Å². The van der Waals surface area contributed by atoms with E-state index >= 15 is 0 Å². The minimum absolute atomic E-state index is 0.149. The number of pyridine rings is 1. The first-order chi connectivity index (χ1) is 17.0. The summed E-state index contributed by atoms with van der Waals surface area (Å²) in [5, 5.41) is 2.62. The van der Waals surface area contributed by atoms with Gasteiger partial charge in [0.05, 0.1) is 12.8 Å². The summed E-state index contributed by atoms with van der Waals surface area (Å²) in [5.41, 5.74) is 1.08. The Hall–Kier alpha value is -4.28. The summed E-state index contributed by atoms with van der Waals surface area (Å²) < 4.78 is 56.2. The van der Waals surface area contributed by atoms with Crippen molar-refractivity contribution >= 4 is 17.0 Å². The van der Waals surface area contributed by atoms with Gasteiger partial charge in [-0.1, -0.05) is 6.07 Å². The first-order valence-corrected chi connectivity index (χ1v) is 10.9. The number of ether oxygens (including phenoxy) is 3. The molecule has 0 bridgehead atoms. The molecule has 8 nitrogen and oxygen atoms in total. The molecule has 4 aromatic rings. The SMILES string of the molecule is COc1ccc(-n2c(=O)c(-c3ccc4c(c3)OC(C)(C)O4)cc3cnc(NCC(F)(F)F)nc32)cc1. The van der Waals surface area contributed by atoms with E-state index in [1.54, 1.807) is 62.4 Å². The highest BCUT2D eigenvalue weighted by atomic mass is 19.4. The van der Waals surface area contributed by atoms with Gasteiger partial charge in [-0.05, 0) is 48.0 Å². The average molecular weight is 498 g/mol. The Kier molecular flexibility index (Phi) is 5.50. The van der Waals surface area contributed by atoms with Gasteiger partial charge in [0, 0.05) is 31.0 Å². The molecule has 0 saturated carbocycles. The van der Waals surface area contributed by atoms with E-state index in [9.17, 15) is 18.0 Å². The van der Waals surface area contributed by atoms with Crippen LogP contribution in [0.5, 0.6) is 17.2 Å². The second-order valence-electron chi connectivity index (χ2n) is 8.60. The number of hydrogen-bond donors (Lipinski definition) is 1. The molecule has 0 amide bonds. The molecular formula is C25H21F3N4O4. The number of nitrogens with one attached hydrogen (secondary N) is 1. The third-order valence-electron chi connectivity index (χ3n) is 5.48. The van der Waals surface area contributed by atoms with E-state index < -0.39 is 24.1 Å². The lowest BCUT2D eigenvalue weighted by Gasteiger charge is -2.16. The number of fused-ring (bicyclic) bond motifs is 2. The highest BCUT2D eigenvalue weighted by molar-refractivity contribution is 5.83. The Morgan fingerprint density at radius 1 is 1.06 bits per heavy atom. The van der Waals surface area contributed by atoms with Gasteiger partial charge in [-0.15, -0.1) is 0 Å². The number of rotatable bonds is 5. The lowest BCUT2D eigenvalue weighted by Crippen LogP contribution is -2.29. The maximum Gasteiger partial charge on any atom is 0.405 e. The standard InChI is InChI=1S/C25H21F3N4O4/c1-24(2)35-19-9-4-14(11-20(19)36-24)18-10-15-12-29-23(30-13-25(26,27)28)31-21(15)32(22(18)33)16-5-7-17(34-3)8-6-16/h4-12H,13H2,1-3H3,(H,29,30,31). The molecule has 1 aliphatic heterocycles. The summed E-state index contributed by atoms with van der Waals surface area (Å²) in [5.74, 6) is 0.549. The van der Waals surface area contributed by atoms with Crippen molar-refractivity contribution < 1.29 is 27.4 Å². The monoisotopic (exact) mass is 498 g/mol. The average Bonchev–Trinajstić information content (AvgIpc) is 3.15. The van der Waals surface area contributed by atoms with Crippen LogP contribution < -0.4 is 25.1 Å². The second kappa shape index (κ2) is 8.43. The third kappa shape index (κ3) is 4.51. The predicted molar refractivity (Wildman–Crippen MR) is 127 cm³/mol. The van der Waals surface area contributed by atoms with Gasteiger partial charge in [0.25, 0.3) is 5.56 Å². The fourth-order valence-corrected chi connectivity index (χ4v) is 3.93. The van der Waals surface area contributed by atoms with Crippen LogP contribution in [-0.4, -0.2) is 40.2 Å². The number of aromatic nitrogens is 3. The lowest BCUT2D eigenvalue weighted by molar-refractivity contribution is -0.115. The Morgan fingerprint density at radius 3 is 2.47 bits per heavy atom. The molecule has 36 heavy (non-hydrogen) atoms. The molecule has 0 saturated heterocycles. The number of hydrogen-bond acceptors (Lipinski definition) is 7. The zero-order chi connectivity index (χ0) is 25.7. The van der Waals surface area contributed by atoms with Crippen molar-refractivity contribution in [1.82, 2.24) is 14.5 Å². The van der Waals surface area contributed by atoms with Gasteiger partial charge in [0.15, 0.2) is 17.1 Å². The highest BCUT2D eigenvalue weighted by Gasteiger charge is 2.32. The molecule has 3 heterocycles. The van der Waals surface area contributed by atoms with E-state index in [1.165, 1.54) is 17.9 Å². The topological polar surface area (TPSA) is 87.5 Å². The van der Waals surface area contributed by atoms with E-state index in [0.29, 0.717) is 39.4 Å². The van der Waals surface area contributed by atoms with Crippen molar-refractivity contribution in [3.8, 4) is 34.1 Å². The van der Waals surface area contributed by atoms with Gasteiger partial charge >= 0.3 is 6.18 Å². The minimum Gasteiger partial charge on any atom is -0.497 e. The molecule has 2 aromatic heterocycles. The molecule has 2 aromatic carbocycles. The lowest BCUT2D eigenvalue weighted by atomic mass is 10.1. The molecule has 0 fully saturated rings. The van der Waals surface area contributed by atoms with Gasteiger partial charge < -0.3 is 19.5 Å². The second-order valence-corrected chi connectivity index (χ2v) is 8.60. The molecule has 1 N–H and O–H groups in total. The van der Waals surface area contributed by atoms with Crippen LogP contribution in [0.15, 0.2) is 59.5 Å². The third-order valence-corrected chi connectivity index (χ3v) is 5.48. The Bertz CT molecular complexity index is 1520. The van der Waals surface area contributed by atoms with Crippen LogP contribution in [0.1, 0.15) is 13.8 Å². The maximum absolute atomic E-state index is 13.8. The van der Waals surface area contributed by atoms with E-state index in [1.807, 2.05) is 0 Å². The summed E-state index contributed by atoms with van der Waals surface area (Å²) >= 11 is 0. The minimum atomic E-state index is -4.45. The molecule has 1 aliphatic rings. The normalized spacial score (nSPS) is 14.2. The predicted octanol–water partition coefficient (Wildman–Crippen LogP) is 4.94. The Labute approximate surface area is 203 Å². The van der Waals surface area contributed by atoms with Crippen molar-refractivity contribution in [1.29, 1.82) is 0 Å². The summed E-state index contributed by atoms with van der Waals surface area (Å²) in [6.45, 7) is 2.25. The van der Waals surface area contributed by atoms with E-state index in [2.05, 4.69) is 15.3 Å². The molecule has 0 atom stereocenters. The largest absolute Gasteiger partial charge is 0.497 e. The van der Waals surface area contributed by atoms with Crippen molar-refractivity contribution in [3.05, 3.63) is 65.1 Å². The number of nitrogens with zero attached hydrogens (tertiary/aromatic N) is 3. The van der Waals surface area contributed by atoms with Crippen molar-refractivity contribution in [3.63, 3.8) is 0 Å². The Morgan fingerprint density at radius 2 is 1.78 bits per heavy atom. The fraction of sp³-hybridized carbons (Fsp3) is 0.240. The smallest absolute Gasteiger partial charge is 0.405 e. The molecular weight excluding hydrogens is 477 g/mol. The van der Waals surface area contributed by atoms with Crippen LogP contribution in [0, 0.1) is 0 Å². The van der Waals surface area contributed by atoms with E-state index in [0.717, 1.165) is 0 Å². The van der Waals surface area contributed by atoms with Gasteiger partial charge in [-0.2, -0.15) is 18.2 Å². The zero-order valence-electron chi connectivity index (χ0n) is 19.5. The molecule has 186 valence electrons. The van der Waals surface area contributed by atoms with Crippen molar-refractivity contribution in [2.24, 2.45) is 0 Å². The maximum atomic E-state index is 13.8. The molecule has 0 spiro atoms. The number of anilines is 1. The summed E-state index contributed by atoms with van der Waals surface area (Å²) in [7, 11) is 1.52. The van der Waals surface area contributed by atoms with Crippen LogP contribution in [-0.2, 0) is 0 Å². The van der Waals surface area contributed by atoms with Gasteiger partial charge in [-0.25, -0.2) is 4.98 Å². The molecule has 0 unspecified atom stereocenters. The van der Waals surface area contributed by atoms with Crippen molar-refractivity contribution in [2.75, 3.05) is 19.0 Å². The number of benzene rings is 2. The first-order valence-electron chi connectivity index (χ1n) is 10.9. The summed E-state index contributed by atoms with van der Waals surface area (Å²) in [6.07, 6.45) is -3.08. The zero-order valence-corrected chi connectivity index (χ0v) is 19.5. The van der Waals surface area contributed by atoms with Crippen LogP contribution >= 0.6 is 0 Å². The van der Waals surface area contributed by atoms with E-state index in [4.69, 9.17) is 14.2 Å². The van der Waals surface area contributed by atoms with Gasteiger partial charge in [-0.3, -0.25) is 9.36 Å². The quantitative estimate of drug-likeness (QED) is 0.417. The molecule has 11 heteroatoms. The fourth-order valence-electron chi connectivity index (χ4n) is 3.93. The van der Waals surface area contributed by atoms with E-state index in [-0.39, 0.29) is 11.6 Å². The van der Waals surface area contributed by atoms with Gasteiger partial charge in [0.1, 0.15) is 12.3 Å². The molecule has 0 radical (unpaired) electrons. The first kappa shape index (κ1) is 23.5. The number of halogens is 3. The number of alkyl halides is 3. The highest BCUT2D eigenvalue weighted by Crippen LogP contribution is 2.41. The van der Waals surface area contributed by atoms with Crippen LogP contribution in [0.2, 0.25) is 0 Å². The van der Waals surface area contributed by atoms with Gasteiger partial charge in [0.2, 0.25) is 11.7 Å². The summed E-state index contributed by atoms with van der Waals surface area (Å²) in [4.78, 5) is 22.0. The molecule has 5 rings (SSSR count).